The van der Waals surface area contributed by atoms with Crippen molar-refractivity contribution >= 4 is 0 Å². The van der Waals surface area contributed by atoms with E-state index in [1.54, 1.807) is 0 Å². The Balaban J connectivity index is 4.08. The molecular formula is C12H24N2. The van der Waals surface area contributed by atoms with Crippen LogP contribution in [0.25, 0.3) is 0 Å². The van der Waals surface area contributed by atoms with Gasteiger partial charge < -0.3 is 9.80 Å². The van der Waals surface area contributed by atoms with Crippen LogP contribution in [0.15, 0.2) is 0 Å². The quantitative estimate of drug-likeness (QED) is 0.475. The number of nitrogens with zero attached hydrogens (tertiary/aromatic N) is 2. The summed E-state index contributed by atoms with van der Waals surface area (Å²) in [5.74, 6) is 0. The average Bonchev–Trinajstić information content (AvgIpc) is 2.20. The summed E-state index contributed by atoms with van der Waals surface area (Å²) in [4.78, 5) is 4.36. The predicted molar refractivity (Wildman–Crippen MR) is 62.9 cm³/mol. The third-order valence-corrected chi connectivity index (χ3v) is 2.12. The monoisotopic (exact) mass is 196 g/mol. The minimum atomic E-state index is 1.01. The molecule has 0 unspecified atom stereocenters. The van der Waals surface area contributed by atoms with E-state index < -0.39 is 0 Å². The highest BCUT2D eigenvalue weighted by atomic mass is 15.1. The molecular weight excluding hydrogens is 172 g/mol. The normalized spacial score (nSPS) is 9.14. The highest BCUT2D eigenvalue weighted by Crippen LogP contribution is 1.92. The zero-order chi connectivity index (χ0) is 10.8. The summed E-state index contributed by atoms with van der Waals surface area (Å²) in [6.07, 6.45) is 2.35. The van der Waals surface area contributed by atoms with Crippen LogP contribution in [0, 0.1) is 12.1 Å². The Bertz CT molecular complexity index is 168. The third kappa shape index (κ3) is 5.75. The molecule has 0 aromatic carbocycles. The van der Waals surface area contributed by atoms with E-state index in [1.807, 2.05) is 0 Å². The lowest BCUT2D eigenvalue weighted by atomic mass is 10.4. The van der Waals surface area contributed by atoms with Crippen molar-refractivity contribution in [2.24, 2.45) is 0 Å². The van der Waals surface area contributed by atoms with Crippen LogP contribution >= 0.6 is 0 Å². The molecule has 0 amide bonds. The maximum Gasteiger partial charge on any atom is 0.0307 e. The second-order valence-electron chi connectivity index (χ2n) is 3.38. The van der Waals surface area contributed by atoms with Crippen LogP contribution in [0.4, 0.5) is 0 Å². The third-order valence-electron chi connectivity index (χ3n) is 2.12. The molecule has 0 heterocycles. The Labute approximate surface area is 89.3 Å². The van der Waals surface area contributed by atoms with Crippen molar-refractivity contribution in [1.29, 1.82) is 0 Å². The van der Waals surface area contributed by atoms with Crippen molar-refractivity contribution in [1.82, 2.24) is 9.80 Å². The van der Waals surface area contributed by atoms with Gasteiger partial charge in [-0.2, -0.15) is 0 Å². The summed E-state index contributed by atoms with van der Waals surface area (Å²) in [7, 11) is 0. The fourth-order valence-corrected chi connectivity index (χ4v) is 1.29. The minimum Gasteiger partial charge on any atom is -0.332 e. The number of rotatable bonds is 6. The molecule has 0 spiro atoms. The first-order chi connectivity index (χ1) is 6.78. The molecule has 2 nitrogen and oxygen atoms in total. The van der Waals surface area contributed by atoms with E-state index in [0.29, 0.717) is 0 Å². The molecule has 0 aromatic rings. The van der Waals surface area contributed by atoms with E-state index >= 15 is 0 Å². The van der Waals surface area contributed by atoms with Crippen molar-refractivity contribution in [2.45, 2.75) is 40.5 Å². The molecule has 0 aliphatic rings. The van der Waals surface area contributed by atoms with Gasteiger partial charge in [0, 0.05) is 38.3 Å². The molecule has 0 bridgehead atoms. The standard InChI is InChI=1S/C12H24N2/c1-5-9-14(10-6-2)12-11-13(7-3)8-4/h5-10H2,1-4H3. The summed E-state index contributed by atoms with van der Waals surface area (Å²) in [6.45, 7) is 12.9. The number of hydrogen-bond donors (Lipinski definition) is 0. The van der Waals surface area contributed by atoms with E-state index in [9.17, 15) is 0 Å². The lowest BCUT2D eigenvalue weighted by molar-refractivity contribution is 0.387. The van der Waals surface area contributed by atoms with Gasteiger partial charge in [0.15, 0.2) is 0 Å². The van der Waals surface area contributed by atoms with Gasteiger partial charge in [-0.1, -0.05) is 13.8 Å². The van der Waals surface area contributed by atoms with E-state index in [4.69, 9.17) is 0 Å². The second-order valence-corrected chi connectivity index (χ2v) is 3.38. The Hall–Kier alpha value is -0.840. The Kier molecular flexibility index (Phi) is 8.22. The molecule has 0 atom stereocenters. The molecule has 0 N–H and O–H groups in total. The molecule has 14 heavy (non-hydrogen) atoms. The fraction of sp³-hybridized carbons (Fsp3) is 0.833. The van der Waals surface area contributed by atoms with Crippen LogP contribution in [0.3, 0.4) is 0 Å². The average molecular weight is 196 g/mol. The first kappa shape index (κ1) is 13.2. The van der Waals surface area contributed by atoms with Crippen LogP contribution in [0.5, 0.6) is 0 Å². The molecule has 0 radical (unpaired) electrons. The van der Waals surface area contributed by atoms with Gasteiger partial charge in [-0.15, -0.1) is 0 Å². The van der Waals surface area contributed by atoms with E-state index in [1.165, 1.54) is 12.8 Å². The molecule has 0 saturated carbocycles. The Morgan fingerprint density at radius 2 is 1.14 bits per heavy atom. The van der Waals surface area contributed by atoms with Crippen LogP contribution < -0.4 is 0 Å². The summed E-state index contributed by atoms with van der Waals surface area (Å²) >= 11 is 0. The highest BCUT2D eigenvalue weighted by molar-refractivity contribution is 4.97. The molecule has 0 rings (SSSR count). The molecule has 0 saturated heterocycles. The highest BCUT2D eigenvalue weighted by Gasteiger charge is 1.95. The number of hydrogen-bond acceptors (Lipinski definition) is 2. The zero-order valence-electron chi connectivity index (χ0n) is 10.1. The van der Waals surface area contributed by atoms with E-state index in [-0.39, 0.29) is 0 Å². The van der Waals surface area contributed by atoms with Gasteiger partial charge in [0.1, 0.15) is 0 Å². The smallest absolute Gasteiger partial charge is 0.0307 e. The zero-order valence-corrected chi connectivity index (χ0v) is 10.1. The van der Waals surface area contributed by atoms with Gasteiger partial charge in [0.25, 0.3) is 0 Å². The lowest BCUT2D eigenvalue weighted by Gasteiger charge is -2.17. The minimum absolute atomic E-state index is 1.01. The first-order valence-electron chi connectivity index (χ1n) is 5.79. The lowest BCUT2D eigenvalue weighted by Crippen LogP contribution is -2.22. The van der Waals surface area contributed by atoms with Crippen molar-refractivity contribution in [3.8, 4) is 12.1 Å². The van der Waals surface area contributed by atoms with Crippen LogP contribution in [0.1, 0.15) is 40.5 Å². The van der Waals surface area contributed by atoms with Gasteiger partial charge in [0.2, 0.25) is 0 Å². The summed E-state index contributed by atoms with van der Waals surface area (Å²) in [6, 6.07) is 6.43. The van der Waals surface area contributed by atoms with Crippen molar-refractivity contribution in [3.63, 3.8) is 0 Å². The van der Waals surface area contributed by atoms with Gasteiger partial charge in [-0.3, -0.25) is 0 Å². The summed E-state index contributed by atoms with van der Waals surface area (Å²) in [5, 5.41) is 0. The molecule has 2 heteroatoms. The van der Waals surface area contributed by atoms with Gasteiger partial charge in [0.05, 0.1) is 0 Å². The summed E-state index contributed by atoms with van der Waals surface area (Å²) in [5.41, 5.74) is 0. The Morgan fingerprint density at radius 3 is 1.50 bits per heavy atom. The van der Waals surface area contributed by atoms with Crippen LogP contribution in [-0.4, -0.2) is 36.0 Å². The van der Waals surface area contributed by atoms with Gasteiger partial charge >= 0.3 is 0 Å². The largest absolute Gasteiger partial charge is 0.332 e. The van der Waals surface area contributed by atoms with Crippen LogP contribution in [0.2, 0.25) is 0 Å². The van der Waals surface area contributed by atoms with E-state index in [0.717, 1.165) is 26.2 Å². The second kappa shape index (κ2) is 8.74. The van der Waals surface area contributed by atoms with Crippen molar-refractivity contribution in [3.05, 3.63) is 0 Å². The molecule has 0 aliphatic heterocycles. The van der Waals surface area contributed by atoms with E-state index in [2.05, 4.69) is 49.6 Å². The van der Waals surface area contributed by atoms with Gasteiger partial charge in [-0.25, -0.2) is 0 Å². The van der Waals surface area contributed by atoms with Crippen LogP contribution in [-0.2, 0) is 0 Å². The molecule has 0 aromatic heterocycles. The molecule has 82 valence electrons. The fourth-order valence-electron chi connectivity index (χ4n) is 1.29. The van der Waals surface area contributed by atoms with Crippen molar-refractivity contribution < 1.29 is 0 Å². The molecule has 0 aliphatic carbocycles. The first-order valence-corrected chi connectivity index (χ1v) is 5.79. The predicted octanol–water partition coefficient (Wildman–Crippen LogP) is 2.37. The summed E-state index contributed by atoms with van der Waals surface area (Å²) < 4.78 is 0. The maximum absolute atomic E-state index is 3.23. The SMILES string of the molecule is CCCN(C#CN(CC)CC)CCC. The van der Waals surface area contributed by atoms with Gasteiger partial charge in [-0.05, 0) is 26.7 Å². The maximum atomic E-state index is 3.23. The van der Waals surface area contributed by atoms with Crippen molar-refractivity contribution in [2.75, 3.05) is 26.2 Å². The molecule has 0 fully saturated rings. The Morgan fingerprint density at radius 1 is 0.714 bits per heavy atom. The topological polar surface area (TPSA) is 6.48 Å².